The van der Waals surface area contributed by atoms with Crippen LogP contribution < -0.4 is 0 Å². The highest BCUT2D eigenvalue weighted by molar-refractivity contribution is 7.99. The number of carbonyl (C=O) groups is 1. The van der Waals surface area contributed by atoms with Crippen LogP contribution >= 0.6 is 23.4 Å². The third-order valence-corrected chi connectivity index (χ3v) is 4.35. The lowest BCUT2D eigenvalue weighted by atomic mass is 10.2. The fraction of sp³-hybridized carbons (Fsp3) is 0.417. The van der Waals surface area contributed by atoms with Crippen LogP contribution in [-0.2, 0) is 10.5 Å². The Balaban J connectivity index is 1.88. The third kappa shape index (κ3) is 2.99. The molecule has 0 spiro atoms. The Labute approximate surface area is 99.2 Å². The summed E-state index contributed by atoms with van der Waals surface area (Å²) in [5.41, 5.74) is 1.17. The highest BCUT2D eigenvalue weighted by Gasteiger charge is 2.22. The average molecular weight is 241 g/mol. The van der Waals surface area contributed by atoms with Crippen molar-refractivity contribution >= 4 is 29.1 Å². The van der Waals surface area contributed by atoms with Crippen molar-refractivity contribution in [2.75, 3.05) is 0 Å². The topological polar surface area (TPSA) is 17.1 Å². The molecule has 1 nitrogen and oxygen atoms in total. The maximum absolute atomic E-state index is 11.1. The van der Waals surface area contributed by atoms with Crippen molar-refractivity contribution in [2.24, 2.45) is 0 Å². The smallest absolute Gasteiger partial charge is 0.134 e. The molecule has 1 atom stereocenters. The number of ketones is 1. The number of hydrogen-bond acceptors (Lipinski definition) is 2. The van der Waals surface area contributed by atoms with Gasteiger partial charge in [-0.3, -0.25) is 4.79 Å². The predicted octanol–water partition coefficient (Wildman–Crippen LogP) is 3.69. The largest absolute Gasteiger partial charge is 0.300 e. The Bertz CT molecular complexity index is 364. The number of hydrogen-bond donors (Lipinski definition) is 0. The summed E-state index contributed by atoms with van der Waals surface area (Å²) >= 11 is 7.91. The molecule has 1 unspecified atom stereocenters. The predicted molar refractivity (Wildman–Crippen MR) is 65.4 cm³/mol. The monoisotopic (exact) mass is 240 g/mol. The minimum Gasteiger partial charge on any atom is -0.300 e. The van der Waals surface area contributed by atoms with Gasteiger partial charge in [0.25, 0.3) is 0 Å². The molecule has 1 saturated carbocycles. The molecule has 0 heterocycles. The van der Waals surface area contributed by atoms with Crippen molar-refractivity contribution in [1.82, 2.24) is 0 Å². The maximum Gasteiger partial charge on any atom is 0.134 e. The first-order chi connectivity index (χ1) is 7.25. The minimum atomic E-state index is 0.409. The number of rotatable bonds is 3. The molecule has 80 valence electrons. The van der Waals surface area contributed by atoms with Crippen LogP contribution in [0, 0.1) is 0 Å². The average Bonchev–Trinajstić information content (AvgIpc) is 2.63. The van der Waals surface area contributed by atoms with Crippen LogP contribution in [0.15, 0.2) is 24.3 Å². The van der Waals surface area contributed by atoms with Gasteiger partial charge in [0.1, 0.15) is 5.78 Å². The summed E-state index contributed by atoms with van der Waals surface area (Å²) < 4.78 is 0. The van der Waals surface area contributed by atoms with Gasteiger partial charge in [-0.2, -0.15) is 11.8 Å². The summed E-state index contributed by atoms with van der Waals surface area (Å²) in [6.07, 6.45) is 2.54. The van der Waals surface area contributed by atoms with E-state index in [-0.39, 0.29) is 0 Å². The van der Waals surface area contributed by atoms with E-state index < -0.39 is 0 Å². The summed E-state index contributed by atoms with van der Waals surface area (Å²) in [6.45, 7) is 0. The van der Waals surface area contributed by atoms with Crippen molar-refractivity contribution in [1.29, 1.82) is 0 Å². The Morgan fingerprint density at radius 2 is 2.20 bits per heavy atom. The molecular formula is C12H13ClOS. The molecule has 1 aromatic rings. The standard InChI is InChI=1S/C12H13ClOS/c13-12-4-2-1-3-9(12)8-15-11-6-5-10(14)7-11/h1-4,11H,5-8H2. The summed E-state index contributed by atoms with van der Waals surface area (Å²) in [6, 6.07) is 7.90. The van der Waals surface area contributed by atoms with Gasteiger partial charge < -0.3 is 0 Å². The quantitative estimate of drug-likeness (QED) is 0.802. The number of halogens is 1. The Hall–Kier alpha value is -0.470. The van der Waals surface area contributed by atoms with Gasteiger partial charge in [0.2, 0.25) is 0 Å². The molecule has 0 N–H and O–H groups in total. The zero-order chi connectivity index (χ0) is 10.7. The molecule has 0 aliphatic heterocycles. The van der Waals surface area contributed by atoms with E-state index in [1.165, 1.54) is 5.56 Å². The van der Waals surface area contributed by atoms with Gasteiger partial charge in [0.05, 0.1) is 0 Å². The molecule has 3 heteroatoms. The molecule has 0 amide bonds. The van der Waals surface area contributed by atoms with Gasteiger partial charge in [0.15, 0.2) is 0 Å². The Morgan fingerprint density at radius 1 is 1.40 bits per heavy atom. The van der Waals surface area contributed by atoms with Crippen LogP contribution in [-0.4, -0.2) is 11.0 Å². The number of thioether (sulfide) groups is 1. The normalized spacial score (nSPS) is 20.9. The van der Waals surface area contributed by atoms with Gasteiger partial charge in [-0.25, -0.2) is 0 Å². The summed E-state index contributed by atoms with van der Waals surface area (Å²) in [4.78, 5) is 11.1. The van der Waals surface area contributed by atoms with E-state index in [1.807, 2.05) is 36.0 Å². The Morgan fingerprint density at radius 3 is 2.87 bits per heavy atom. The third-order valence-electron chi connectivity index (χ3n) is 2.63. The number of Topliss-reactive ketones (excluding diaryl/α,β-unsaturated/α-hetero) is 1. The molecule has 15 heavy (non-hydrogen) atoms. The SMILES string of the molecule is O=C1CCC(SCc2ccccc2Cl)C1. The second kappa shape index (κ2) is 5.04. The highest BCUT2D eigenvalue weighted by atomic mass is 35.5. The molecular weight excluding hydrogens is 228 g/mol. The molecule has 0 radical (unpaired) electrons. The van der Waals surface area contributed by atoms with Crippen molar-refractivity contribution in [3.63, 3.8) is 0 Å². The van der Waals surface area contributed by atoms with Crippen molar-refractivity contribution in [2.45, 2.75) is 30.3 Å². The zero-order valence-electron chi connectivity index (χ0n) is 8.41. The second-order valence-electron chi connectivity index (χ2n) is 3.81. The molecule has 2 rings (SSSR count). The van der Waals surface area contributed by atoms with Crippen molar-refractivity contribution in [3.05, 3.63) is 34.9 Å². The highest BCUT2D eigenvalue weighted by Crippen LogP contribution is 2.31. The van der Waals surface area contributed by atoms with Gasteiger partial charge >= 0.3 is 0 Å². The Kier molecular flexibility index (Phi) is 3.71. The summed E-state index contributed by atoms with van der Waals surface area (Å²) in [5, 5.41) is 1.34. The molecule has 1 aliphatic carbocycles. The first-order valence-corrected chi connectivity index (χ1v) is 6.55. The molecule has 0 saturated heterocycles. The first kappa shape index (κ1) is 11.0. The maximum atomic E-state index is 11.1. The molecule has 0 bridgehead atoms. The number of benzene rings is 1. The summed E-state index contributed by atoms with van der Waals surface area (Å²) in [5.74, 6) is 1.32. The van der Waals surface area contributed by atoms with Gasteiger partial charge in [-0.1, -0.05) is 29.8 Å². The van der Waals surface area contributed by atoms with Crippen LogP contribution in [0.2, 0.25) is 5.02 Å². The van der Waals surface area contributed by atoms with Crippen LogP contribution in [0.25, 0.3) is 0 Å². The summed E-state index contributed by atoms with van der Waals surface area (Å²) in [7, 11) is 0. The van der Waals surface area contributed by atoms with E-state index in [2.05, 4.69) is 0 Å². The van der Waals surface area contributed by atoms with Gasteiger partial charge in [-0.15, -0.1) is 0 Å². The van der Waals surface area contributed by atoms with E-state index in [0.29, 0.717) is 11.0 Å². The fourth-order valence-electron chi connectivity index (χ4n) is 1.75. The van der Waals surface area contributed by atoms with Gasteiger partial charge in [-0.05, 0) is 18.1 Å². The van der Waals surface area contributed by atoms with Crippen LogP contribution in [0.5, 0.6) is 0 Å². The van der Waals surface area contributed by atoms with E-state index in [0.717, 1.165) is 30.0 Å². The van der Waals surface area contributed by atoms with Crippen molar-refractivity contribution in [3.8, 4) is 0 Å². The van der Waals surface area contributed by atoms with Crippen molar-refractivity contribution < 1.29 is 4.79 Å². The lowest BCUT2D eigenvalue weighted by Crippen LogP contribution is -1.97. The molecule has 1 aromatic carbocycles. The molecule has 1 fully saturated rings. The van der Waals surface area contributed by atoms with Crippen LogP contribution in [0.3, 0.4) is 0 Å². The van der Waals surface area contributed by atoms with Gasteiger partial charge in [0, 0.05) is 28.9 Å². The van der Waals surface area contributed by atoms with E-state index in [4.69, 9.17) is 11.6 Å². The van der Waals surface area contributed by atoms with Crippen LogP contribution in [0.1, 0.15) is 24.8 Å². The fourth-order valence-corrected chi connectivity index (χ4v) is 3.28. The lowest BCUT2D eigenvalue weighted by Gasteiger charge is -2.08. The second-order valence-corrected chi connectivity index (χ2v) is 5.50. The zero-order valence-corrected chi connectivity index (χ0v) is 9.98. The minimum absolute atomic E-state index is 0.409. The molecule has 1 aliphatic rings. The van der Waals surface area contributed by atoms with E-state index in [9.17, 15) is 4.79 Å². The van der Waals surface area contributed by atoms with E-state index >= 15 is 0 Å². The first-order valence-electron chi connectivity index (χ1n) is 5.12. The van der Waals surface area contributed by atoms with E-state index in [1.54, 1.807) is 0 Å². The number of carbonyl (C=O) groups excluding carboxylic acids is 1. The molecule has 0 aromatic heterocycles. The lowest BCUT2D eigenvalue weighted by molar-refractivity contribution is -0.117. The van der Waals surface area contributed by atoms with Crippen LogP contribution in [0.4, 0.5) is 0 Å².